The summed E-state index contributed by atoms with van der Waals surface area (Å²) in [6, 6.07) is 10.1. The van der Waals surface area contributed by atoms with Crippen LogP contribution in [0.2, 0.25) is 0 Å². The molecule has 92 valence electrons. The minimum absolute atomic E-state index is 0.0775. The molecule has 1 aliphatic heterocycles. The molecule has 3 unspecified atom stereocenters. The van der Waals surface area contributed by atoms with E-state index in [1.807, 2.05) is 42.2 Å². The van der Waals surface area contributed by atoms with E-state index < -0.39 is 6.10 Å². The summed E-state index contributed by atoms with van der Waals surface area (Å²) in [4.78, 5) is 13.8. The second-order valence-electron chi connectivity index (χ2n) is 4.84. The number of aliphatic hydroxyl groups excluding tert-OH is 1. The molecule has 1 aliphatic rings. The molecule has 1 N–H and O–H groups in total. The quantitative estimate of drug-likeness (QED) is 0.867. The number of likely N-dealkylation sites (tertiary alicyclic amines) is 1. The molecule has 0 aromatic heterocycles. The standard InChI is InChI=1S/C14H19NO2/c1-10(12-6-4-3-5-7-12)15-9-13(11(2)16)8-14(15)17/h3-7,10-11,13,16H,8-9H2,1-2H3. The molecule has 1 aromatic carbocycles. The molecule has 3 heteroatoms. The maximum atomic E-state index is 11.9. The van der Waals surface area contributed by atoms with E-state index in [0.717, 1.165) is 5.56 Å². The number of nitrogens with zero attached hydrogens (tertiary/aromatic N) is 1. The van der Waals surface area contributed by atoms with Crippen LogP contribution in [0.3, 0.4) is 0 Å². The van der Waals surface area contributed by atoms with Gasteiger partial charge in [-0.25, -0.2) is 0 Å². The summed E-state index contributed by atoms with van der Waals surface area (Å²) in [5.74, 6) is 0.223. The van der Waals surface area contributed by atoms with Crippen LogP contribution in [0.15, 0.2) is 30.3 Å². The lowest BCUT2D eigenvalue weighted by Gasteiger charge is -2.25. The molecule has 17 heavy (non-hydrogen) atoms. The van der Waals surface area contributed by atoms with Crippen molar-refractivity contribution < 1.29 is 9.90 Å². The molecule has 1 heterocycles. The molecule has 0 spiro atoms. The van der Waals surface area contributed by atoms with Crippen molar-refractivity contribution in [3.05, 3.63) is 35.9 Å². The van der Waals surface area contributed by atoms with Crippen molar-refractivity contribution in [3.8, 4) is 0 Å². The van der Waals surface area contributed by atoms with Crippen molar-refractivity contribution in [2.24, 2.45) is 5.92 Å². The Hall–Kier alpha value is -1.35. The third-order valence-electron chi connectivity index (χ3n) is 3.62. The zero-order chi connectivity index (χ0) is 12.4. The molecule has 3 atom stereocenters. The highest BCUT2D eigenvalue weighted by atomic mass is 16.3. The van der Waals surface area contributed by atoms with Gasteiger partial charge in [0.15, 0.2) is 0 Å². The van der Waals surface area contributed by atoms with Gasteiger partial charge in [-0.1, -0.05) is 30.3 Å². The third kappa shape index (κ3) is 2.50. The topological polar surface area (TPSA) is 40.5 Å². The molecule has 0 radical (unpaired) electrons. The first-order chi connectivity index (χ1) is 8.09. The number of carbonyl (C=O) groups is 1. The van der Waals surface area contributed by atoms with Gasteiger partial charge < -0.3 is 10.0 Å². The van der Waals surface area contributed by atoms with Gasteiger partial charge in [-0.15, -0.1) is 0 Å². The Morgan fingerprint density at radius 1 is 1.29 bits per heavy atom. The lowest BCUT2D eigenvalue weighted by molar-refractivity contribution is -0.129. The predicted octanol–water partition coefficient (Wildman–Crippen LogP) is 1.98. The van der Waals surface area contributed by atoms with Crippen LogP contribution in [0, 0.1) is 5.92 Å². The number of hydrogen-bond donors (Lipinski definition) is 1. The van der Waals surface area contributed by atoms with Gasteiger partial charge in [0, 0.05) is 18.9 Å². The van der Waals surface area contributed by atoms with Gasteiger partial charge >= 0.3 is 0 Å². The highest BCUT2D eigenvalue weighted by Crippen LogP contribution is 2.29. The smallest absolute Gasteiger partial charge is 0.223 e. The first-order valence-electron chi connectivity index (χ1n) is 6.12. The van der Waals surface area contributed by atoms with E-state index in [-0.39, 0.29) is 17.9 Å². The Bertz CT molecular complexity index is 388. The maximum absolute atomic E-state index is 11.9. The van der Waals surface area contributed by atoms with E-state index >= 15 is 0 Å². The van der Waals surface area contributed by atoms with Gasteiger partial charge in [0.05, 0.1) is 12.1 Å². The average molecular weight is 233 g/mol. The van der Waals surface area contributed by atoms with Crippen LogP contribution >= 0.6 is 0 Å². The minimum atomic E-state index is -0.410. The number of carbonyl (C=O) groups excluding carboxylic acids is 1. The number of hydrogen-bond acceptors (Lipinski definition) is 2. The van der Waals surface area contributed by atoms with Crippen molar-refractivity contribution in [2.75, 3.05) is 6.54 Å². The zero-order valence-electron chi connectivity index (χ0n) is 10.3. The zero-order valence-corrected chi connectivity index (χ0v) is 10.3. The summed E-state index contributed by atoms with van der Waals surface area (Å²) in [5, 5.41) is 9.56. The maximum Gasteiger partial charge on any atom is 0.223 e. The number of rotatable bonds is 3. The summed E-state index contributed by atoms with van der Waals surface area (Å²) in [6.07, 6.45) is 0.0568. The fraction of sp³-hybridized carbons (Fsp3) is 0.500. The molecular formula is C14H19NO2. The number of aliphatic hydroxyl groups is 1. The molecule has 1 fully saturated rings. The van der Waals surface area contributed by atoms with Gasteiger partial charge in [-0.05, 0) is 19.4 Å². The monoisotopic (exact) mass is 233 g/mol. The van der Waals surface area contributed by atoms with Crippen LogP contribution in [0.25, 0.3) is 0 Å². The van der Waals surface area contributed by atoms with Crippen molar-refractivity contribution >= 4 is 5.91 Å². The summed E-state index contributed by atoms with van der Waals surface area (Å²) >= 11 is 0. The van der Waals surface area contributed by atoms with Gasteiger partial charge in [-0.3, -0.25) is 4.79 Å². The van der Waals surface area contributed by atoms with Crippen LogP contribution in [-0.2, 0) is 4.79 Å². The van der Waals surface area contributed by atoms with Crippen LogP contribution in [-0.4, -0.2) is 28.6 Å². The van der Waals surface area contributed by atoms with E-state index in [1.165, 1.54) is 0 Å². The van der Waals surface area contributed by atoms with Crippen molar-refractivity contribution in [2.45, 2.75) is 32.4 Å². The number of benzene rings is 1. The van der Waals surface area contributed by atoms with Crippen LogP contribution in [0.5, 0.6) is 0 Å². The van der Waals surface area contributed by atoms with Crippen molar-refractivity contribution in [1.29, 1.82) is 0 Å². The van der Waals surface area contributed by atoms with Crippen molar-refractivity contribution in [1.82, 2.24) is 4.90 Å². The molecule has 0 bridgehead atoms. The lowest BCUT2D eigenvalue weighted by atomic mass is 10.0. The van der Waals surface area contributed by atoms with Crippen LogP contribution in [0.4, 0.5) is 0 Å². The Balaban J connectivity index is 2.11. The van der Waals surface area contributed by atoms with E-state index in [9.17, 15) is 9.90 Å². The highest BCUT2D eigenvalue weighted by molar-refractivity contribution is 5.79. The van der Waals surface area contributed by atoms with Crippen LogP contribution < -0.4 is 0 Å². The summed E-state index contributed by atoms with van der Waals surface area (Å²) in [5.41, 5.74) is 1.15. The largest absolute Gasteiger partial charge is 0.393 e. The van der Waals surface area contributed by atoms with E-state index in [4.69, 9.17) is 0 Å². The predicted molar refractivity (Wildman–Crippen MR) is 66.4 cm³/mol. The number of amides is 1. The molecular weight excluding hydrogens is 214 g/mol. The van der Waals surface area contributed by atoms with Crippen molar-refractivity contribution in [3.63, 3.8) is 0 Å². The molecule has 1 aromatic rings. The fourth-order valence-electron chi connectivity index (χ4n) is 2.37. The summed E-state index contributed by atoms with van der Waals surface area (Å²) in [7, 11) is 0. The van der Waals surface area contributed by atoms with E-state index in [2.05, 4.69) is 0 Å². The Morgan fingerprint density at radius 3 is 2.47 bits per heavy atom. The Morgan fingerprint density at radius 2 is 1.94 bits per heavy atom. The molecule has 2 rings (SSSR count). The Labute approximate surface area is 102 Å². The summed E-state index contributed by atoms with van der Waals surface area (Å²) < 4.78 is 0. The molecule has 1 saturated heterocycles. The van der Waals surface area contributed by atoms with E-state index in [0.29, 0.717) is 13.0 Å². The molecule has 0 saturated carbocycles. The normalized spacial score (nSPS) is 23.8. The second kappa shape index (κ2) is 4.88. The minimum Gasteiger partial charge on any atom is -0.393 e. The first kappa shape index (κ1) is 12.1. The second-order valence-corrected chi connectivity index (χ2v) is 4.84. The van der Waals surface area contributed by atoms with Gasteiger partial charge in [-0.2, -0.15) is 0 Å². The van der Waals surface area contributed by atoms with Crippen LogP contribution in [0.1, 0.15) is 31.9 Å². The third-order valence-corrected chi connectivity index (χ3v) is 3.62. The molecule has 1 amide bonds. The van der Waals surface area contributed by atoms with Gasteiger partial charge in [0.2, 0.25) is 5.91 Å². The SMILES string of the molecule is CC(O)C1CC(=O)N(C(C)c2ccccc2)C1. The summed E-state index contributed by atoms with van der Waals surface area (Å²) in [6.45, 7) is 4.46. The van der Waals surface area contributed by atoms with Gasteiger partial charge in [0.1, 0.15) is 0 Å². The highest BCUT2D eigenvalue weighted by Gasteiger charge is 2.35. The lowest BCUT2D eigenvalue weighted by Crippen LogP contribution is -2.29. The molecule has 3 nitrogen and oxygen atoms in total. The Kier molecular flexibility index (Phi) is 3.48. The average Bonchev–Trinajstić information content (AvgIpc) is 2.72. The van der Waals surface area contributed by atoms with Gasteiger partial charge in [0.25, 0.3) is 0 Å². The molecule has 0 aliphatic carbocycles. The fourth-order valence-corrected chi connectivity index (χ4v) is 2.37. The first-order valence-corrected chi connectivity index (χ1v) is 6.12. The van der Waals surface area contributed by atoms with E-state index in [1.54, 1.807) is 6.92 Å².